The van der Waals surface area contributed by atoms with E-state index < -0.39 is 5.82 Å². The fourth-order valence-corrected chi connectivity index (χ4v) is 5.45. The Morgan fingerprint density at radius 3 is 2.52 bits per heavy atom. The number of piperidine rings is 1. The molecular weight excluding hydrogens is 391 g/mol. The van der Waals surface area contributed by atoms with Crippen molar-refractivity contribution in [3.63, 3.8) is 0 Å². The first-order chi connectivity index (χ1) is 14.1. The molecule has 0 saturated carbocycles. The molecular formula is C22H23FN2O3S. The molecule has 0 unspecified atom stereocenters. The lowest BCUT2D eigenvalue weighted by atomic mass is 10.0. The summed E-state index contributed by atoms with van der Waals surface area (Å²) in [6.07, 6.45) is 1.41. The molecule has 0 bridgehead atoms. The van der Waals surface area contributed by atoms with Crippen LogP contribution in [0.15, 0.2) is 54.6 Å². The number of carbonyl (C=O) groups is 2. The summed E-state index contributed by atoms with van der Waals surface area (Å²) in [5.41, 5.74) is 0.365. The summed E-state index contributed by atoms with van der Waals surface area (Å²) in [6.45, 7) is 1.80. The molecule has 2 saturated heterocycles. The zero-order chi connectivity index (χ0) is 20.3. The van der Waals surface area contributed by atoms with Gasteiger partial charge in [-0.3, -0.25) is 9.59 Å². The van der Waals surface area contributed by atoms with E-state index >= 15 is 0 Å². The van der Waals surface area contributed by atoms with Gasteiger partial charge in [0.15, 0.2) is 6.61 Å². The number of rotatable bonds is 4. The van der Waals surface area contributed by atoms with Crippen molar-refractivity contribution in [1.29, 1.82) is 0 Å². The lowest BCUT2D eigenvalue weighted by Gasteiger charge is -2.44. The molecule has 2 aromatic rings. The second-order valence-electron chi connectivity index (χ2n) is 7.24. The molecule has 2 amide bonds. The van der Waals surface area contributed by atoms with E-state index in [4.69, 9.17) is 4.74 Å². The molecule has 1 spiro atoms. The molecule has 2 aliphatic heterocycles. The van der Waals surface area contributed by atoms with Gasteiger partial charge in [0.1, 0.15) is 11.6 Å². The van der Waals surface area contributed by atoms with E-state index in [0.29, 0.717) is 43.8 Å². The van der Waals surface area contributed by atoms with E-state index in [9.17, 15) is 14.0 Å². The van der Waals surface area contributed by atoms with Crippen LogP contribution in [0.2, 0.25) is 0 Å². The highest BCUT2D eigenvalue weighted by Crippen LogP contribution is 2.44. The van der Waals surface area contributed by atoms with E-state index in [0.717, 1.165) is 5.75 Å². The highest BCUT2D eigenvalue weighted by Gasteiger charge is 2.46. The first-order valence-corrected chi connectivity index (χ1v) is 10.7. The number of likely N-dealkylation sites (tertiary alicyclic amines) is 1. The largest absolute Gasteiger partial charge is 0.484 e. The molecule has 0 atom stereocenters. The fourth-order valence-electron chi connectivity index (χ4n) is 3.98. The normalized spacial score (nSPS) is 18.1. The van der Waals surface area contributed by atoms with Crippen LogP contribution >= 0.6 is 11.8 Å². The highest BCUT2D eigenvalue weighted by atomic mass is 32.2. The van der Waals surface area contributed by atoms with Gasteiger partial charge in [0.25, 0.3) is 11.8 Å². The Hall–Kier alpha value is -2.54. The van der Waals surface area contributed by atoms with Crippen molar-refractivity contribution in [3.8, 4) is 5.75 Å². The van der Waals surface area contributed by atoms with Crippen molar-refractivity contribution in [3.05, 3.63) is 66.0 Å². The van der Waals surface area contributed by atoms with Gasteiger partial charge in [-0.2, -0.15) is 0 Å². The Kier molecular flexibility index (Phi) is 5.76. The lowest BCUT2D eigenvalue weighted by molar-refractivity contribution is -0.136. The predicted octanol–water partition coefficient (Wildman–Crippen LogP) is 3.41. The van der Waals surface area contributed by atoms with Crippen LogP contribution in [0, 0.1) is 5.82 Å². The number of benzene rings is 2. The van der Waals surface area contributed by atoms with Gasteiger partial charge in [0.2, 0.25) is 0 Å². The first-order valence-electron chi connectivity index (χ1n) is 9.75. The molecule has 2 aliphatic rings. The molecule has 0 N–H and O–H groups in total. The first kappa shape index (κ1) is 19.8. The van der Waals surface area contributed by atoms with Crippen LogP contribution in [0.1, 0.15) is 23.2 Å². The van der Waals surface area contributed by atoms with Crippen molar-refractivity contribution in [1.82, 2.24) is 9.80 Å². The molecule has 0 aromatic heterocycles. The predicted molar refractivity (Wildman–Crippen MR) is 110 cm³/mol. The van der Waals surface area contributed by atoms with Crippen LogP contribution in [0.25, 0.3) is 0 Å². The van der Waals surface area contributed by atoms with Gasteiger partial charge in [-0.15, -0.1) is 11.8 Å². The Morgan fingerprint density at radius 2 is 1.79 bits per heavy atom. The average Bonchev–Trinajstić information content (AvgIpc) is 3.16. The molecule has 2 aromatic carbocycles. The van der Waals surface area contributed by atoms with Gasteiger partial charge in [0, 0.05) is 31.0 Å². The van der Waals surface area contributed by atoms with Crippen LogP contribution in [0.4, 0.5) is 4.39 Å². The third-order valence-corrected chi connectivity index (χ3v) is 7.04. The van der Waals surface area contributed by atoms with E-state index in [-0.39, 0.29) is 23.3 Å². The van der Waals surface area contributed by atoms with E-state index in [1.165, 1.54) is 12.1 Å². The number of hydrogen-bond donors (Lipinski definition) is 0. The van der Waals surface area contributed by atoms with Gasteiger partial charge >= 0.3 is 0 Å². The number of halogens is 1. The number of para-hydroxylation sites is 1. The number of amides is 2. The van der Waals surface area contributed by atoms with Crippen molar-refractivity contribution in [2.45, 2.75) is 17.7 Å². The fraction of sp³-hybridized carbons (Fsp3) is 0.364. The monoisotopic (exact) mass is 414 g/mol. The summed E-state index contributed by atoms with van der Waals surface area (Å²) >= 11 is 1.79. The minimum atomic E-state index is -0.411. The summed E-state index contributed by atoms with van der Waals surface area (Å²) in [5, 5.41) is 0. The minimum Gasteiger partial charge on any atom is -0.484 e. The number of nitrogens with zero attached hydrogens (tertiary/aromatic N) is 2. The maximum absolute atomic E-state index is 13.4. The summed E-state index contributed by atoms with van der Waals surface area (Å²) in [5.74, 6) is 0.967. The van der Waals surface area contributed by atoms with Crippen LogP contribution in [-0.2, 0) is 4.79 Å². The Morgan fingerprint density at radius 1 is 1.03 bits per heavy atom. The molecule has 2 heterocycles. The molecule has 4 rings (SSSR count). The van der Waals surface area contributed by atoms with E-state index in [1.54, 1.807) is 28.8 Å². The van der Waals surface area contributed by atoms with E-state index in [2.05, 4.69) is 0 Å². The third kappa shape index (κ3) is 4.24. The number of ether oxygens (including phenoxy) is 1. The third-order valence-electron chi connectivity index (χ3n) is 5.49. The molecule has 5 nitrogen and oxygen atoms in total. The quantitative estimate of drug-likeness (QED) is 0.769. The van der Waals surface area contributed by atoms with Crippen LogP contribution in [-0.4, -0.2) is 58.5 Å². The zero-order valence-corrected chi connectivity index (χ0v) is 16.9. The summed E-state index contributed by atoms with van der Waals surface area (Å²) in [4.78, 5) is 28.9. The summed E-state index contributed by atoms with van der Waals surface area (Å²) < 4.78 is 19.1. The zero-order valence-electron chi connectivity index (χ0n) is 16.1. The van der Waals surface area contributed by atoms with Gasteiger partial charge < -0.3 is 14.5 Å². The molecule has 2 fully saturated rings. The number of hydrogen-bond acceptors (Lipinski definition) is 4. The molecule has 29 heavy (non-hydrogen) atoms. The van der Waals surface area contributed by atoms with Crippen molar-refractivity contribution in [2.24, 2.45) is 0 Å². The maximum atomic E-state index is 13.4. The topological polar surface area (TPSA) is 49.9 Å². The molecule has 152 valence electrons. The average molecular weight is 415 g/mol. The van der Waals surface area contributed by atoms with Crippen LogP contribution in [0.3, 0.4) is 0 Å². The smallest absolute Gasteiger partial charge is 0.261 e. The second-order valence-corrected chi connectivity index (χ2v) is 8.70. The van der Waals surface area contributed by atoms with Crippen LogP contribution in [0.5, 0.6) is 5.75 Å². The van der Waals surface area contributed by atoms with Gasteiger partial charge in [-0.1, -0.05) is 24.3 Å². The number of thioether (sulfide) groups is 1. The second kappa shape index (κ2) is 8.45. The molecule has 0 aliphatic carbocycles. The standard InChI is InChI=1S/C22H23FN2O3S/c23-18-6-4-5-17(15-18)21(27)24-11-9-22(10-12-24)25(13-14-29-22)20(26)16-28-19-7-2-1-3-8-19/h1-8,15H,9-14,16H2. The van der Waals surface area contributed by atoms with Crippen molar-refractivity contribution in [2.75, 3.05) is 32.0 Å². The maximum Gasteiger partial charge on any atom is 0.261 e. The Bertz CT molecular complexity index is 885. The highest BCUT2D eigenvalue weighted by molar-refractivity contribution is 8.00. The summed E-state index contributed by atoms with van der Waals surface area (Å²) in [7, 11) is 0. The Labute approximate surface area is 173 Å². The van der Waals surface area contributed by atoms with Gasteiger partial charge in [-0.05, 0) is 43.2 Å². The van der Waals surface area contributed by atoms with Crippen molar-refractivity contribution < 1.29 is 18.7 Å². The van der Waals surface area contributed by atoms with Crippen LogP contribution < -0.4 is 4.74 Å². The molecule has 7 heteroatoms. The number of carbonyl (C=O) groups excluding carboxylic acids is 2. The van der Waals surface area contributed by atoms with Gasteiger partial charge in [-0.25, -0.2) is 4.39 Å². The lowest BCUT2D eigenvalue weighted by Crippen LogP contribution is -2.54. The minimum absolute atomic E-state index is 0.0122. The van der Waals surface area contributed by atoms with Gasteiger partial charge in [0.05, 0.1) is 4.87 Å². The SMILES string of the molecule is O=C(c1cccc(F)c1)N1CCC2(CC1)SCCN2C(=O)COc1ccccc1. The molecule has 0 radical (unpaired) electrons. The Balaban J connectivity index is 1.37. The van der Waals surface area contributed by atoms with Crippen molar-refractivity contribution >= 4 is 23.6 Å². The summed E-state index contributed by atoms with van der Waals surface area (Å²) in [6, 6.07) is 15.1. The van der Waals surface area contributed by atoms with E-state index in [1.807, 2.05) is 35.2 Å².